The summed E-state index contributed by atoms with van der Waals surface area (Å²) in [5, 5.41) is 11.1. The lowest BCUT2D eigenvalue weighted by molar-refractivity contribution is -0.384. The molecule has 0 N–H and O–H groups in total. The highest BCUT2D eigenvalue weighted by Crippen LogP contribution is 2.26. The molecule has 0 spiro atoms. The molecule has 6 nitrogen and oxygen atoms in total. The van der Waals surface area contributed by atoms with Gasteiger partial charge in [0.15, 0.2) is 0 Å². The third-order valence-electron chi connectivity index (χ3n) is 5.56. The van der Waals surface area contributed by atoms with Gasteiger partial charge in [-0.3, -0.25) is 14.9 Å². The Balaban J connectivity index is 1.90. The molecule has 7 heteroatoms. The van der Waals surface area contributed by atoms with Crippen LogP contribution in [0.4, 0.5) is 5.69 Å². The fourth-order valence-electron chi connectivity index (χ4n) is 3.41. The van der Waals surface area contributed by atoms with Crippen LogP contribution in [0.15, 0.2) is 66.9 Å². The van der Waals surface area contributed by atoms with Crippen molar-refractivity contribution < 1.29 is 9.72 Å². The number of nitro groups is 1. The van der Waals surface area contributed by atoms with E-state index in [9.17, 15) is 14.9 Å². The molecule has 0 fully saturated rings. The SMILES string of the molecule is CC(C)C(C)N(Cc1cccn1Cc1ccccc1)C(=O)c1ccc([N+](=O)[O-])cc1Cl. The van der Waals surface area contributed by atoms with Crippen LogP contribution in [0.3, 0.4) is 0 Å². The lowest BCUT2D eigenvalue weighted by Crippen LogP contribution is -2.41. The Hall–Kier alpha value is -3.12. The molecule has 1 atom stereocenters. The predicted octanol–water partition coefficient (Wildman–Crippen LogP) is 5.78. The highest BCUT2D eigenvalue weighted by molar-refractivity contribution is 6.34. The Morgan fingerprint density at radius 2 is 1.81 bits per heavy atom. The number of non-ortho nitro benzene ring substituents is 1. The Kier molecular flexibility index (Phi) is 7.13. The van der Waals surface area contributed by atoms with Crippen LogP contribution in [0.5, 0.6) is 0 Å². The average molecular weight is 440 g/mol. The molecule has 0 aliphatic heterocycles. The fourth-order valence-corrected chi connectivity index (χ4v) is 3.66. The summed E-state index contributed by atoms with van der Waals surface area (Å²) in [6.45, 7) is 7.24. The van der Waals surface area contributed by atoms with Crippen LogP contribution in [0.1, 0.15) is 42.4 Å². The molecule has 1 unspecified atom stereocenters. The first-order valence-corrected chi connectivity index (χ1v) is 10.6. The van der Waals surface area contributed by atoms with Crippen LogP contribution in [0, 0.1) is 16.0 Å². The van der Waals surface area contributed by atoms with Gasteiger partial charge in [0.25, 0.3) is 11.6 Å². The van der Waals surface area contributed by atoms with Gasteiger partial charge in [-0.1, -0.05) is 55.8 Å². The number of hydrogen-bond acceptors (Lipinski definition) is 3. The van der Waals surface area contributed by atoms with Crippen LogP contribution in [0.25, 0.3) is 0 Å². The van der Waals surface area contributed by atoms with Crippen molar-refractivity contribution in [3.63, 3.8) is 0 Å². The average Bonchev–Trinajstić information content (AvgIpc) is 3.18. The summed E-state index contributed by atoms with van der Waals surface area (Å²) in [6, 6.07) is 18.0. The summed E-state index contributed by atoms with van der Waals surface area (Å²) in [7, 11) is 0. The van der Waals surface area contributed by atoms with Crippen molar-refractivity contribution in [2.75, 3.05) is 0 Å². The maximum atomic E-state index is 13.5. The van der Waals surface area contributed by atoms with E-state index in [0.29, 0.717) is 13.1 Å². The van der Waals surface area contributed by atoms with Gasteiger partial charge < -0.3 is 9.47 Å². The molecule has 31 heavy (non-hydrogen) atoms. The number of carbonyl (C=O) groups excluding carboxylic acids is 1. The molecule has 0 bridgehead atoms. The summed E-state index contributed by atoms with van der Waals surface area (Å²) in [4.78, 5) is 25.7. The van der Waals surface area contributed by atoms with Crippen molar-refractivity contribution in [2.45, 2.75) is 39.9 Å². The number of rotatable bonds is 8. The molecule has 0 saturated carbocycles. The van der Waals surface area contributed by atoms with Crippen molar-refractivity contribution in [1.29, 1.82) is 0 Å². The molecular weight excluding hydrogens is 414 g/mol. The largest absolute Gasteiger partial charge is 0.345 e. The molecule has 0 saturated heterocycles. The predicted molar refractivity (Wildman–Crippen MR) is 122 cm³/mol. The minimum absolute atomic E-state index is 0.0566. The summed E-state index contributed by atoms with van der Waals surface area (Å²) >= 11 is 6.26. The quantitative estimate of drug-likeness (QED) is 0.329. The van der Waals surface area contributed by atoms with E-state index in [4.69, 9.17) is 11.6 Å². The van der Waals surface area contributed by atoms with E-state index < -0.39 is 4.92 Å². The second kappa shape index (κ2) is 9.79. The zero-order chi connectivity index (χ0) is 22.5. The summed E-state index contributed by atoms with van der Waals surface area (Å²) in [5.74, 6) is -0.0214. The molecule has 0 radical (unpaired) electrons. The number of hydrogen-bond donors (Lipinski definition) is 0. The first kappa shape index (κ1) is 22.6. The molecular formula is C24H26ClN3O3. The lowest BCUT2D eigenvalue weighted by atomic mass is 10.0. The molecule has 0 aliphatic rings. The van der Waals surface area contributed by atoms with E-state index in [-0.39, 0.29) is 34.1 Å². The maximum absolute atomic E-state index is 13.5. The fraction of sp³-hybridized carbons (Fsp3) is 0.292. The van der Waals surface area contributed by atoms with E-state index in [1.54, 1.807) is 4.90 Å². The van der Waals surface area contributed by atoms with Gasteiger partial charge >= 0.3 is 0 Å². The Morgan fingerprint density at radius 1 is 1.10 bits per heavy atom. The Morgan fingerprint density at radius 3 is 2.42 bits per heavy atom. The number of benzene rings is 2. The van der Waals surface area contributed by atoms with Gasteiger partial charge in [-0.2, -0.15) is 0 Å². The number of halogens is 1. The van der Waals surface area contributed by atoms with Gasteiger partial charge in [0.1, 0.15) is 0 Å². The van der Waals surface area contributed by atoms with Crippen molar-refractivity contribution in [3.05, 3.63) is 98.8 Å². The number of nitrogens with zero attached hydrogens (tertiary/aromatic N) is 3. The minimum Gasteiger partial charge on any atom is -0.345 e. The molecule has 1 heterocycles. The van der Waals surface area contributed by atoms with Crippen molar-refractivity contribution in [2.24, 2.45) is 5.92 Å². The zero-order valence-electron chi connectivity index (χ0n) is 17.9. The summed E-state index contributed by atoms with van der Waals surface area (Å²) in [6.07, 6.45) is 2.00. The minimum atomic E-state index is -0.523. The Bertz CT molecular complexity index is 1060. The third kappa shape index (κ3) is 5.33. The molecule has 1 amide bonds. The monoisotopic (exact) mass is 439 g/mol. The standard InChI is InChI=1S/C24H26ClN3O3/c1-17(2)18(3)27(24(29)22-12-11-20(28(30)31)14-23(22)25)16-21-10-7-13-26(21)15-19-8-5-4-6-9-19/h4-14,17-18H,15-16H2,1-3H3. The van der Waals surface area contributed by atoms with Crippen LogP contribution in [0.2, 0.25) is 5.02 Å². The van der Waals surface area contributed by atoms with Gasteiger partial charge in [0, 0.05) is 36.6 Å². The topological polar surface area (TPSA) is 68.4 Å². The highest BCUT2D eigenvalue weighted by Gasteiger charge is 2.27. The van der Waals surface area contributed by atoms with Crippen LogP contribution >= 0.6 is 11.6 Å². The summed E-state index contributed by atoms with van der Waals surface area (Å²) < 4.78 is 2.13. The first-order valence-electron chi connectivity index (χ1n) is 10.2. The van der Waals surface area contributed by atoms with E-state index in [1.807, 2.05) is 43.5 Å². The van der Waals surface area contributed by atoms with E-state index >= 15 is 0 Å². The lowest BCUT2D eigenvalue weighted by Gasteiger charge is -2.32. The molecule has 3 aromatic rings. The van der Waals surface area contributed by atoms with Gasteiger partial charge in [0.2, 0.25) is 0 Å². The van der Waals surface area contributed by atoms with E-state index in [1.165, 1.54) is 23.8 Å². The van der Waals surface area contributed by atoms with Gasteiger partial charge in [0.05, 0.1) is 22.1 Å². The third-order valence-corrected chi connectivity index (χ3v) is 5.88. The van der Waals surface area contributed by atoms with E-state index in [2.05, 4.69) is 30.5 Å². The first-order chi connectivity index (χ1) is 14.8. The van der Waals surface area contributed by atoms with Gasteiger partial charge in [-0.15, -0.1) is 0 Å². The smallest absolute Gasteiger partial charge is 0.270 e. The van der Waals surface area contributed by atoms with Gasteiger partial charge in [-0.05, 0) is 36.6 Å². The Labute approximate surface area is 187 Å². The highest BCUT2D eigenvalue weighted by atomic mass is 35.5. The van der Waals surface area contributed by atoms with E-state index in [0.717, 1.165) is 5.69 Å². The molecule has 1 aromatic heterocycles. The van der Waals surface area contributed by atoms with Crippen molar-refractivity contribution >= 4 is 23.2 Å². The van der Waals surface area contributed by atoms with Crippen LogP contribution in [-0.2, 0) is 13.1 Å². The second-order valence-corrected chi connectivity index (χ2v) is 8.36. The maximum Gasteiger partial charge on any atom is 0.270 e. The van der Waals surface area contributed by atoms with Gasteiger partial charge in [-0.25, -0.2) is 0 Å². The number of aromatic nitrogens is 1. The molecule has 0 aliphatic carbocycles. The molecule has 162 valence electrons. The second-order valence-electron chi connectivity index (χ2n) is 7.95. The number of carbonyl (C=O) groups is 1. The number of amides is 1. The normalized spacial score (nSPS) is 12.0. The van der Waals surface area contributed by atoms with Crippen LogP contribution in [-0.4, -0.2) is 26.3 Å². The number of nitro benzene ring substituents is 1. The van der Waals surface area contributed by atoms with Crippen LogP contribution < -0.4 is 0 Å². The molecule has 3 rings (SSSR count). The van der Waals surface area contributed by atoms with Crippen molar-refractivity contribution in [3.8, 4) is 0 Å². The van der Waals surface area contributed by atoms with Crippen molar-refractivity contribution in [1.82, 2.24) is 9.47 Å². The molecule has 2 aromatic carbocycles. The summed E-state index contributed by atoms with van der Waals surface area (Å²) in [5.41, 5.74) is 2.30. The zero-order valence-corrected chi connectivity index (χ0v) is 18.6.